The van der Waals surface area contributed by atoms with E-state index in [4.69, 9.17) is 11.1 Å². The molecule has 0 saturated carbocycles. The third kappa shape index (κ3) is 2.32. The van der Waals surface area contributed by atoms with Crippen LogP contribution in [-0.4, -0.2) is 20.5 Å². The maximum atomic E-state index is 11.4. The second-order valence-corrected chi connectivity index (χ2v) is 5.21. The first kappa shape index (κ1) is 10.7. The van der Waals surface area contributed by atoms with E-state index in [0.29, 0.717) is 5.56 Å². The summed E-state index contributed by atoms with van der Waals surface area (Å²) < 4.78 is 22.7. The molecule has 1 unspecified atom stereocenters. The Morgan fingerprint density at radius 2 is 1.86 bits per heavy atom. The van der Waals surface area contributed by atoms with Gasteiger partial charge in [0.05, 0.1) is 0 Å². The number of rotatable bonds is 3. The fraction of sp³-hybridized carbons (Fsp3) is 0.222. The molecule has 3 N–H and O–H groups in total. The highest BCUT2D eigenvalue weighted by atomic mass is 32.2. The summed E-state index contributed by atoms with van der Waals surface area (Å²) in [4.78, 5) is 0. The smallest absolute Gasteiger partial charge is 0.161 e. The molecule has 76 valence electrons. The van der Waals surface area contributed by atoms with Crippen LogP contribution in [0.3, 0.4) is 0 Å². The van der Waals surface area contributed by atoms with Crippen LogP contribution in [0.25, 0.3) is 0 Å². The topological polar surface area (TPSA) is 84.0 Å². The Kier molecular flexibility index (Phi) is 2.90. The lowest BCUT2D eigenvalue weighted by atomic mass is 10.1. The van der Waals surface area contributed by atoms with Crippen LogP contribution in [0.15, 0.2) is 30.3 Å². The molecule has 14 heavy (non-hydrogen) atoms. The fourth-order valence-electron chi connectivity index (χ4n) is 1.29. The Morgan fingerprint density at radius 1 is 1.36 bits per heavy atom. The molecule has 0 aliphatic heterocycles. The summed E-state index contributed by atoms with van der Waals surface area (Å²) in [5.74, 6) is -0.348. The lowest BCUT2D eigenvalue weighted by Gasteiger charge is -2.13. The zero-order chi connectivity index (χ0) is 10.8. The normalized spacial score (nSPS) is 13.5. The lowest BCUT2D eigenvalue weighted by molar-refractivity contribution is 0.598. The monoisotopic (exact) mass is 212 g/mol. The first-order valence-electron chi connectivity index (χ1n) is 4.00. The Morgan fingerprint density at radius 3 is 2.21 bits per heavy atom. The third-order valence-electron chi connectivity index (χ3n) is 1.81. The molecule has 0 bridgehead atoms. The first-order valence-corrected chi connectivity index (χ1v) is 5.96. The van der Waals surface area contributed by atoms with Crippen LogP contribution >= 0.6 is 0 Å². The highest BCUT2D eigenvalue weighted by Crippen LogP contribution is 2.20. The van der Waals surface area contributed by atoms with Crippen LogP contribution < -0.4 is 5.73 Å². The number of amidine groups is 1. The minimum atomic E-state index is -3.37. The number of benzene rings is 1. The van der Waals surface area contributed by atoms with Crippen molar-refractivity contribution < 1.29 is 8.42 Å². The summed E-state index contributed by atoms with van der Waals surface area (Å²) in [6, 6.07) is 8.51. The molecule has 0 fully saturated rings. The summed E-state index contributed by atoms with van der Waals surface area (Å²) in [7, 11) is -3.37. The standard InChI is InChI=1S/C9H12N2O2S/c1-14(12,13)8(9(10)11)7-5-3-2-4-6-7/h2-6,8H,1H3,(H3,10,11). The summed E-state index contributed by atoms with van der Waals surface area (Å²) in [5, 5.41) is 6.22. The van der Waals surface area contributed by atoms with Crippen molar-refractivity contribution in [2.24, 2.45) is 5.73 Å². The van der Waals surface area contributed by atoms with E-state index < -0.39 is 15.1 Å². The van der Waals surface area contributed by atoms with Crippen molar-refractivity contribution in [3.05, 3.63) is 35.9 Å². The van der Waals surface area contributed by atoms with Gasteiger partial charge < -0.3 is 5.73 Å². The van der Waals surface area contributed by atoms with Crippen molar-refractivity contribution in [2.45, 2.75) is 5.25 Å². The van der Waals surface area contributed by atoms with Crippen LogP contribution in [0.1, 0.15) is 10.8 Å². The van der Waals surface area contributed by atoms with Gasteiger partial charge in [0.1, 0.15) is 11.1 Å². The molecule has 0 heterocycles. The Labute approximate surface area is 83.2 Å². The molecule has 1 rings (SSSR count). The SMILES string of the molecule is CS(=O)(=O)C(C(=N)N)c1ccccc1. The lowest BCUT2D eigenvalue weighted by Crippen LogP contribution is -2.27. The molecular weight excluding hydrogens is 200 g/mol. The number of nitrogens with one attached hydrogen (secondary N) is 1. The number of hydrogen-bond donors (Lipinski definition) is 2. The number of sulfone groups is 1. The van der Waals surface area contributed by atoms with Gasteiger partial charge in [-0.1, -0.05) is 30.3 Å². The second kappa shape index (κ2) is 3.79. The minimum absolute atomic E-state index is 0.348. The van der Waals surface area contributed by atoms with E-state index in [-0.39, 0.29) is 5.84 Å². The van der Waals surface area contributed by atoms with E-state index in [2.05, 4.69) is 0 Å². The molecule has 0 aromatic heterocycles. The molecule has 0 radical (unpaired) electrons. The molecule has 0 spiro atoms. The minimum Gasteiger partial charge on any atom is -0.386 e. The van der Waals surface area contributed by atoms with Gasteiger partial charge in [-0.05, 0) is 5.56 Å². The van der Waals surface area contributed by atoms with Crippen LogP contribution in [0, 0.1) is 5.41 Å². The zero-order valence-electron chi connectivity index (χ0n) is 7.77. The molecule has 1 aromatic rings. The average Bonchev–Trinajstić information content (AvgIpc) is 2.02. The summed E-state index contributed by atoms with van der Waals surface area (Å²) in [6.07, 6.45) is 1.08. The molecule has 0 aliphatic carbocycles. The molecular formula is C9H12N2O2S. The van der Waals surface area contributed by atoms with E-state index in [9.17, 15) is 8.42 Å². The predicted molar refractivity (Wildman–Crippen MR) is 55.9 cm³/mol. The van der Waals surface area contributed by atoms with Crippen LogP contribution in [0.5, 0.6) is 0 Å². The maximum absolute atomic E-state index is 11.4. The highest BCUT2D eigenvalue weighted by molar-refractivity contribution is 7.91. The van der Waals surface area contributed by atoms with Crippen molar-refractivity contribution in [3.63, 3.8) is 0 Å². The van der Waals surface area contributed by atoms with Gasteiger partial charge in [-0.2, -0.15) is 0 Å². The van der Waals surface area contributed by atoms with E-state index in [1.807, 2.05) is 0 Å². The Hall–Kier alpha value is -1.36. The molecule has 5 heteroatoms. The maximum Gasteiger partial charge on any atom is 0.161 e. The molecule has 1 aromatic carbocycles. The van der Waals surface area contributed by atoms with Gasteiger partial charge in [0.15, 0.2) is 9.84 Å². The van der Waals surface area contributed by atoms with E-state index in [1.54, 1.807) is 30.3 Å². The van der Waals surface area contributed by atoms with Gasteiger partial charge in [0.25, 0.3) is 0 Å². The number of hydrogen-bond acceptors (Lipinski definition) is 3. The van der Waals surface area contributed by atoms with Crippen molar-refractivity contribution in [1.82, 2.24) is 0 Å². The molecule has 1 atom stereocenters. The fourth-order valence-corrected chi connectivity index (χ4v) is 2.40. The molecule has 0 aliphatic rings. The molecule has 4 nitrogen and oxygen atoms in total. The summed E-state index contributed by atoms with van der Waals surface area (Å²) >= 11 is 0. The summed E-state index contributed by atoms with van der Waals surface area (Å²) in [5.41, 5.74) is 5.79. The van der Waals surface area contributed by atoms with Crippen LogP contribution in [0.4, 0.5) is 0 Å². The second-order valence-electron chi connectivity index (χ2n) is 3.08. The van der Waals surface area contributed by atoms with Gasteiger partial charge in [0, 0.05) is 6.26 Å². The van der Waals surface area contributed by atoms with E-state index in [1.165, 1.54) is 0 Å². The van der Waals surface area contributed by atoms with Gasteiger partial charge in [-0.25, -0.2) is 8.42 Å². The van der Waals surface area contributed by atoms with Gasteiger partial charge >= 0.3 is 0 Å². The first-order chi connectivity index (χ1) is 6.43. The summed E-state index contributed by atoms with van der Waals surface area (Å²) in [6.45, 7) is 0. The third-order valence-corrected chi connectivity index (χ3v) is 3.20. The predicted octanol–water partition coefficient (Wildman–Crippen LogP) is 0.708. The molecule has 0 saturated heterocycles. The van der Waals surface area contributed by atoms with Gasteiger partial charge in [-0.3, -0.25) is 5.41 Å². The largest absolute Gasteiger partial charge is 0.386 e. The quantitative estimate of drug-likeness (QED) is 0.571. The van der Waals surface area contributed by atoms with Crippen LogP contribution in [0.2, 0.25) is 0 Å². The number of nitrogens with two attached hydrogens (primary N) is 1. The zero-order valence-corrected chi connectivity index (χ0v) is 8.58. The Bertz CT molecular complexity index is 425. The van der Waals surface area contributed by atoms with Crippen molar-refractivity contribution in [2.75, 3.05) is 6.26 Å². The van der Waals surface area contributed by atoms with E-state index >= 15 is 0 Å². The average molecular weight is 212 g/mol. The Balaban J connectivity index is 3.22. The molecule has 0 amide bonds. The van der Waals surface area contributed by atoms with Gasteiger partial charge in [0.2, 0.25) is 0 Å². The van der Waals surface area contributed by atoms with Crippen molar-refractivity contribution in [1.29, 1.82) is 5.41 Å². The van der Waals surface area contributed by atoms with Crippen molar-refractivity contribution >= 4 is 15.7 Å². The highest BCUT2D eigenvalue weighted by Gasteiger charge is 2.25. The van der Waals surface area contributed by atoms with Crippen molar-refractivity contribution in [3.8, 4) is 0 Å². The van der Waals surface area contributed by atoms with E-state index in [0.717, 1.165) is 6.26 Å². The van der Waals surface area contributed by atoms with Gasteiger partial charge in [-0.15, -0.1) is 0 Å². The van der Waals surface area contributed by atoms with Crippen LogP contribution in [-0.2, 0) is 9.84 Å².